The third-order valence-corrected chi connectivity index (χ3v) is 3.40. The first-order valence-corrected chi connectivity index (χ1v) is 7.18. The number of aliphatic carboxylic acids is 1. The number of carbonyl (C=O) groups is 1. The number of carboxylic acid groups (broad SMARTS) is 1. The molecule has 0 amide bonds. The fourth-order valence-corrected chi connectivity index (χ4v) is 2.29. The van der Waals surface area contributed by atoms with E-state index in [1.807, 2.05) is 35.2 Å². The highest BCUT2D eigenvalue weighted by atomic mass is 16.4. The van der Waals surface area contributed by atoms with Crippen molar-refractivity contribution in [2.45, 2.75) is 52.0 Å². The lowest BCUT2D eigenvalue weighted by Gasteiger charge is -2.30. The van der Waals surface area contributed by atoms with Gasteiger partial charge in [0.25, 0.3) is 0 Å². The summed E-state index contributed by atoms with van der Waals surface area (Å²) in [6.07, 6.45) is 5.93. The molecular formula is C16H25NO2. The van der Waals surface area contributed by atoms with Crippen LogP contribution in [-0.2, 0) is 4.79 Å². The molecule has 1 unspecified atom stereocenters. The summed E-state index contributed by atoms with van der Waals surface area (Å²) in [5, 5.41) is 9.06. The molecule has 0 aliphatic rings. The molecule has 0 aliphatic heterocycles. The van der Waals surface area contributed by atoms with Crippen LogP contribution in [-0.4, -0.2) is 23.7 Å². The fourth-order valence-electron chi connectivity index (χ4n) is 2.29. The second-order valence-corrected chi connectivity index (χ2v) is 5.06. The number of hydrogen-bond acceptors (Lipinski definition) is 2. The van der Waals surface area contributed by atoms with Crippen LogP contribution < -0.4 is 4.90 Å². The van der Waals surface area contributed by atoms with Gasteiger partial charge in [0.2, 0.25) is 0 Å². The number of rotatable bonds is 9. The van der Waals surface area contributed by atoms with Crippen LogP contribution in [0.3, 0.4) is 0 Å². The number of benzene rings is 1. The molecule has 1 rings (SSSR count). The molecule has 106 valence electrons. The van der Waals surface area contributed by atoms with Crippen LogP contribution in [0.2, 0.25) is 0 Å². The van der Waals surface area contributed by atoms with Crippen molar-refractivity contribution in [2.75, 3.05) is 11.4 Å². The van der Waals surface area contributed by atoms with E-state index in [1.165, 1.54) is 19.3 Å². The van der Waals surface area contributed by atoms with Gasteiger partial charge < -0.3 is 10.0 Å². The number of carboxylic acids is 1. The van der Waals surface area contributed by atoms with Gasteiger partial charge in [-0.05, 0) is 25.5 Å². The second kappa shape index (κ2) is 8.57. The Bertz CT molecular complexity index is 364. The van der Waals surface area contributed by atoms with Crippen molar-refractivity contribution < 1.29 is 9.90 Å². The summed E-state index contributed by atoms with van der Waals surface area (Å²) >= 11 is 0. The standard InChI is InChI=1S/C16H25NO2/c1-3-4-5-7-10-14(2)17(13-16(18)19)15-11-8-6-9-12-15/h6,8-9,11-12,14H,3-5,7,10,13H2,1-2H3,(H,18,19). The van der Waals surface area contributed by atoms with Crippen LogP contribution in [0, 0.1) is 0 Å². The molecule has 1 atom stereocenters. The van der Waals surface area contributed by atoms with E-state index >= 15 is 0 Å². The summed E-state index contributed by atoms with van der Waals surface area (Å²) in [6, 6.07) is 10.1. The topological polar surface area (TPSA) is 40.5 Å². The lowest BCUT2D eigenvalue weighted by atomic mass is 10.1. The van der Waals surface area contributed by atoms with E-state index in [0.29, 0.717) is 0 Å². The molecule has 19 heavy (non-hydrogen) atoms. The van der Waals surface area contributed by atoms with E-state index in [0.717, 1.165) is 18.5 Å². The van der Waals surface area contributed by atoms with Crippen molar-refractivity contribution in [3.63, 3.8) is 0 Å². The minimum atomic E-state index is -0.774. The van der Waals surface area contributed by atoms with Crippen molar-refractivity contribution in [1.82, 2.24) is 0 Å². The van der Waals surface area contributed by atoms with Crippen LogP contribution in [0.5, 0.6) is 0 Å². The molecule has 1 aromatic rings. The van der Waals surface area contributed by atoms with Gasteiger partial charge in [-0.2, -0.15) is 0 Å². The molecule has 0 saturated carbocycles. The van der Waals surface area contributed by atoms with E-state index in [-0.39, 0.29) is 12.6 Å². The summed E-state index contributed by atoms with van der Waals surface area (Å²) in [4.78, 5) is 13.0. The zero-order valence-electron chi connectivity index (χ0n) is 12.0. The highest BCUT2D eigenvalue weighted by Gasteiger charge is 2.16. The quantitative estimate of drug-likeness (QED) is 0.686. The zero-order valence-corrected chi connectivity index (χ0v) is 12.0. The number of para-hydroxylation sites is 1. The Kier molecular flexibility index (Phi) is 7.01. The van der Waals surface area contributed by atoms with E-state index in [9.17, 15) is 4.79 Å². The van der Waals surface area contributed by atoms with Crippen molar-refractivity contribution in [2.24, 2.45) is 0 Å². The monoisotopic (exact) mass is 263 g/mol. The third-order valence-electron chi connectivity index (χ3n) is 3.40. The summed E-state index contributed by atoms with van der Waals surface area (Å²) in [7, 11) is 0. The molecule has 0 aromatic heterocycles. The summed E-state index contributed by atoms with van der Waals surface area (Å²) in [5.41, 5.74) is 0.993. The number of unbranched alkanes of at least 4 members (excludes halogenated alkanes) is 3. The van der Waals surface area contributed by atoms with Gasteiger partial charge in [-0.15, -0.1) is 0 Å². The normalized spacial score (nSPS) is 12.1. The van der Waals surface area contributed by atoms with Crippen molar-refractivity contribution in [1.29, 1.82) is 0 Å². The van der Waals surface area contributed by atoms with Crippen LogP contribution in [0.15, 0.2) is 30.3 Å². The lowest BCUT2D eigenvalue weighted by Crippen LogP contribution is -2.37. The van der Waals surface area contributed by atoms with Gasteiger partial charge in [-0.1, -0.05) is 50.8 Å². The van der Waals surface area contributed by atoms with Crippen molar-refractivity contribution >= 4 is 11.7 Å². The predicted molar refractivity (Wildman–Crippen MR) is 79.6 cm³/mol. The van der Waals surface area contributed by atoms with Gasteiger partial charge in [0, 0.05) is 11.7 Å². The molecule has 1 aromatic carbocycles. The van der Waals surface area contributed by atoms with E-state index in [2.05, 4.69) is 13.8 Å². The summed E-state index contributed by atoms with van der Waals surface area (Å²) in [6.45, 7) is 4.38. The smallest absolute Gasteiger partial charge is 0.323 e. The average Bonchev–Trinajstić information content (AvgIpc) is 2.41. The highest BCUT2D eigenvalue weighted by molar-refractivity contribution is 5.74. The minimum absolute atomic E-state index is 0.0684. The third kappa shape index (κ3) is 5.77. The molecule has 0 heterocycles. The van der Waals surface area contributed by atoms with E-state index in [1.54, 1.807) is 0 Å². The first-order valence-electron chi connectivity index (χ1n) is 7.18. The molecule has 3 heteroatoms. The SMILES string of the molecule is CCCCCCC(C)N(CC(=O)O)c1ccccc1. The van der Waals surface area contributed by atoms with Gasteiger partial charge in [0.05, 0.1) is 0 Å². The van der Waals surface area contributed by atoms with Gasteiger partial charge >= 0.3 is 5.97 Å². The van der Waals surface area contributed by atoms with E-state index in [4.69, 9.17) is 5.11 Å². The Balaban J connectivity index is 2.60. The second-order valence-electron chi connectivity index (χ2n) is 5.06. The van der Waals surface area contributed by atoms with Crippen LogP contribution in [0.4, 0.5) is 5.69 Å². The molecule has 3 nitrogen and oxygen atoms in total. The first-order chi connectivity index (χ1) is 9.15. The van der Waals surface area contributed by atoms with Crippen LogP contribution in [0.1, 0.15) is 46.0 Å². The molecule has 0 saturated heterocycles. The molecule has 0 fully saturated rings. The predicted octanol–water partition coefficient (Wildman–Crippen LogP) is 3.94. The molecule has 0 aliphatic carbocycles. The molecule has 1 N–H and O–H groups in total. The van der Waals surface area contributed by atoms with Gasteiger partial charge in [0.15, 0.2) is 0 Å². The molecule has 0 spiro atoms. The van der Waals surface area contributed by atoms with E-state index < -0.39 is 5.97 Å². The maximum Gasteiger partial charge on any atom is 0.323 e. The average molecular weight is 263 g/mol. The Morgan fingerprint density at radius 1 is 1.21 bits per heavy atom. The van der Waals surface area contributed by atoms with Gasteiger partial charge in [-0.3, -0.25) is 4.79 Å². The van der Waals surface area contributed by atoms with Crippen molar-refractivity contribution in [3.8, 4) is 0 Å². The summed E-state index contributed by atoms with van der Waals surface area (Å²) in [5.74, 6) is -0.774. The zero-order chi connectivity index (χ0) is 14.1. The fraction of sp³-hybridized carbons (Fsp3) is 0.562. The number of anilines is 1. The summed E-state index contributed by atoms with van der Waals surface area (Å²) < 4.78 is 0. The highest BCUT2D eigenvalue weighted by Crippen LogP contribution is 2.19. The molecule has 0 bridgehead atoms. The van der Waals surface area contributed by atoms with Gasteiger partial charge in [-0.25, -0.2) is 0 Å². The van der Waals surface area contributed by atoms with Crippen molar-refractivity contribution in [3.05, 3.63) is 30.3 Å². The largest absolute Gasteiger partial charge is 0.480 e. The Morgan fingerprint density at radius 2 is 1.89 bits per heavy atom. The lowest BCUT2D eigenvalue weighted by molar-refractivity contribution is -0.135. The number of hydrogen-bond donors (Lipinski definition) is 1. The van der Waals surface area contributed by atoms with Gasteiger partial charge in [0.1, 0.15) is 6.54 Å². The molecular weight excluding hydrogens is 238 g/mol. The first kappa shape index (κ1) is 15.5. The van der Waals surface area contributed by atoms with Crippen LogP contribution in [0.25, 0.3) is 0 Å². The maximum absolute atomic E-state index is 11.0. The Morgan fingerprint density at radius 3 is 2.47 bits per heavy atom. The Hall–Kier alpha value is -1.51. The maximum atomic E-state index is 11.0. The minimum Gasteiger partial charge on any atom is -0.480 e. The molecule has 0 radical (unpaired) electrons. The Labute approximate surface area is 116 Å². The number of nitrogens with zero attached hydrogens (tertiary/aromatic N) is 1. The van der Waals surface area contributed by atoms with Crippen LogP contribution >= 0.6 is 0 Å².